The molecule has 2 aromatic rings. The molecule has 3 fully saturated rings. The molecular weight excluding hydrogens is 437 g/mol. The summed E-state index contributed by atoms with van der Waals surface area (Å²) in [4.78, 5) is 7.33. The van der Waals surface area contributed by atoms with E-state index in [0.29, 0.717) is 30.9 Å². The van der Waals surface area contributed by atoms with Gasteiger partial charge in [0.15, 0.2) is 0 Å². The highest BCUT2D eigenvalue weighted by molar-refractivity contribution is 6.07. The van der Waals surface area contributed by atoms with Gasteiger partial charge in [0.1, 0.15) is 5.82 Å². The lowest BCUT2D eigenvalue weighted by atomic mass is 9.99. The minimum absolute atomic E-state index is 0.254. The summed E-state index contributed by atoms with van der Waals surface area (Å²) in [6.07, 6.45) is 6.58. The van der Waals surface area contributed by atoms with E-state index in [1.54, 1.807) is 12.1 Å². The Bertz CT molecular complexity index is 1070. The first-order chi connectivity index (χ1) is 17.1. The number of likely N-dealkylation sites (N-methyl/N-ethyl adjacent to an activating group) is 1. The molecule has 3 aliphatic rings. The van der Waals surface area contributed by atoms with Gasteiger partial charge in [-0.2, -0.15) is 0 Å². The van der Waals surface area contributed by atoms with Crippen molar-refractivity contribution < 1.29 is 4.39 Å². The molecule has 0 unspecified atom stereocenters. The Morgan fingerprint density at radius 3 is 2.46 bits per heavy atom. The molecule has 5 rings (SSSR count). The molecular formula is C29H38FN5. The SMILES string of the molecule is CN1CC(=N)/C(=C(\NCc2cccc(N3CCC(N4CCCCC4)CC3)c2)c2ccccc2F)C1. The summed E-state index contributed by atoms with van der Waals surface area (Å²) in [6, 6.07) is 16.4. The largest absolute Gasteiger partial charge is 0.380 e. The Labute approximate surface area is 209 Å². The fourth-order valence-corrected chi connectivity index (χ4v) is 5.87. The molecule has 0 aromatic heterocycles. The van der Waals surface area contributed by atoms with E-state index in [-0.39, 0.29) is 5.82 Å². The van der Waals surface area contributed by atoms with E-state index < -0.39 is 0 Å². The summed E-state index contributed by atoms with van der Waals surface area (Å²) < 4.78 is 14.7. The fourth-order valence-electron chi connectivity index (χ4n) is 5.87. The van der Waals surface area contributed by atoms with Crippen molar-refractivity contribution in [3.05, 3.63) is 71.0 Å². The van der Waals surface area contributed by atoms with E-state index in [2.05, 4.69) is 44.3 Å². The maximum atomic E-state index is 14.7. The second-order valence-corrected chi connectivity index (χ2v) is 10.3. The smallest absolute Gasteiger partial charge is 0.132 e. The average Bonchev–Trinajstić information content (AvgIpc) is 3.23. The Hall–Kier alpha value is -2.70. The quantitative estimate of drug-likeness (QED) is 0.633. The first kappa shape index (κ1) is 24.0. The Balaban J connectivity index is 1.28. The van der Waals surface area contributed by atoms with Crippen LogP contribution in [0.3, 0.4) is 0 Å². The zero-order valence-corrected chi connectivity index (χ0v) is 20.9. The van der Waals surface area contributed by atoms with Gasteiger partial charge in [-0.3, -0.25) is 4.90 Å². The van der Waals surface area contributed by atoms with E-state index in [1.165, 1.54) is 62.5 Å². The number of hydrogen-bond donors (Lipinski definition) is 2. The summed E-state index contributed by atoms with van der Waals surface area (Å²) in [5.74, 6) is -0.254. The number of hydrogen-bond acceptors (Lipinski definition) is 5. The second-order valence-electron chi connectivity index (χ2n) is 10.3. The number of benzene rings is 2. The molecule has 2 aromatic carbocycles. The number of halogens is 1. The van der Waals surface area contributed by atoms with Crippen LogP contribution in [0, 0.1) is 11.2 Å². The molecule has 3 heterocycles. The Morgan fingerprint density at radius 1 is 0.971 bits per heavy atom. The first-order valence-corrected chi connectivity index (χ1v) is 13.1. The zero-order chi connectivity index (χ0) is 24.2. The van der Waals surface area contributed by atoms with E-state index in [4.69, 9.17) is 5.41 Å². The van der Waals surface area contributed by atoms with E-state index >= 15 is 0 Å². The lowest BCUT2D eigenvalue weighted by Crippen LogP contribution is -2.46. The molecule has 2 N–H and O–H groups in total. The van der Waals surface area contributed by atoms with Crippen LogP contribution >= 0.6 is 0 Å². The zero-order valence-electron chi connectivity index (χ0n) is 20.9. The van der Waals surface area contributed by atoms with E-state index in [0.717, 1.165) is 30.4 Å². The van der Waals surface area contributed by atoms with Crippen LogP contribution in [-0.4, -0.2) is 67.9 Å². The van der Waals surface area contributed by atoms with Crippen LogP contribution in [0.1, 0.15) is 43.2 Å². The van der Waals surface area contributed by atoms with Crippen LogP contribution in [0.4, 0.5) is 10.1 Å². The van der Waals surface area contributed by atoms with Crippen molar-refractivity contribution in [3.8, 4) is 0 Å². The number of piperidine rings is 2. The molecule has 0 saturated carbocycles. The molecule has 3 saturated heterocycles. The van der Waals surface area contributed by atoms with Gasteiger partial charge >= 0.3 is 0 Å². The predicted molar refractivity (Wildman–Crippen MR) is 142 cm³/mol. The topological polar surface area (TPSA) is 45.6 Å². The van der Waals surface area contributed by atoms with Crippen LogP contribution in [0.25, 0.3) is 5.70 Å². The third kappa shape index (κ3) is 5.60. The molecule has 0 aliphatic carbocycles. The van der Waals surface area contributed by atoms with Crippen LogP contribution in [-0.2, 0) is 6.54 Å². The summed E-state index contributed by atoms with van der Waals surface area (Å²) in [6.45, 7) is 6.61. The fraction of sp³-hybridized carbons (Fsp3) is 0.483. The molecule has 5 nitrogen and oxygen atoms in total. The average molecular weight is 476 g/mol. The van der Waals surface area contributed by atoms with E-state index in [9.17, 15) is 4.39 Å². The standard InChI is InChI=1S/C29H38FN5/c1-33-20-26(28(31)21-33)29(25-10-3-4-11-27(25)30)32-19-22-8-7-9-24(18-22)35-16-12-23(13-17-35)34-14-5-2-6-15-34/h3-4,7-11,18,23,31-32H,2,5-6,12-17,19-21H2,1H3/b29-26-,31-28?. The van der Waals surface area contributed by atoms with Crippen molar-refractivity contribution in [2.24, 2.45) is 0 Å². The normalized spacial score (nSPS) is 22.0. The van der Waals surface area contributed by atoms with Gasteiger partial charge in [0, 0.05) is 55.6 Å². The lowest BCUT2D eigenvalue weighted by Gasteiger charge is -2.41. The Kier molecular flexibility index (Phi) is 7.49. The van der Waals surface area contributed by atoms with Gasteiger partial charge in [-0.25, -0.2) is 4.39 Å². The number of rotatable bonds is 6. The van der Waals surface area contributed by atoms with E-state index in [1.807, 2.05) is 13.1 Å². The lowest BCUT2D eigenvalue weighted by molar-refractivity contribution is 0.141. The van der Waals surface area contributed by atoms with Crippen molar-refractivity contribution in [1.29, 1.82) is 5.41 Å². The van der Waals surface area contributed by atoms with Gasteiger partial charge < -0.3 is 20.5 Å². The first-order valence-electron chi connectivity index (χ1n) is 13.1. The highest BCUT2D eigenvalue weighted by atomic mass is 19.1. The minimum Gasteiger partial charge on any atom is -0.380 e. The van der Waals surface area contributed by atoms with Crippen LogP contribution in [0.2, 0.25) is 0 Å². The molecule has 6 heteroatoms. The van der Waals surface area contributed by atoms with Gasteiger partial charge in [0.2, 0.25) is 0 Å². The molecule has 0 bridgehead atoms. The monoisotopic (exact) mass is 475 g/mol. The molecule has 3 aliphatic heterocycles. The molecule has 0 amide bonds. The summed E-state index contributed by atoms with van der Waals surface area (Å²) >= 11 is 0. The van der Waals surface area contributed by atoms with Crippen molar-refractivity contribution in [1.82, 2.24) is 15.1 Å². The molecule has 0 spiro atoms. The van der Waals surface area contributed by atoms with Crippen LogP contribution < -0.4 is 10.2 Å². The third-order valence-electron chi connectivity index (χ3n) is 7.78. The maximum absolute atomic E-state index is 14.7. The van der Waals surface area contributed by atoms with Gasteiger partial charge in [-0.05, 0) is 75.6 Å². The van der Waals surface area contributed by atoms with Crippen molar-refractivity contribution in [2.45, 2.75) is 44.7 Å². The van der Waals surface area contributed by atoms with Crippen LogP contribution in [0.5, 0.6) is 0 Å². The third-order valence-corrected chi connectivity index (χ3v) is 7.78. The Morgan fingerprint density at radius 2 is 1.74 bits per heavy atom. The van der Waals surface area contributed by atoms with Gasteiger partial charge in [0.25, 0.3) is 0 Å². The number of anilines is 1. The van der Waals surface area contributed by atoms with Crippen molar-refractivity contribution in [3.63, 3.8) is 0 Å². The number of likely N-dealkylation sites (tertiary alicyclic amines) is 2. The van der Waals surface area contributed by atoms with Gasteiger partial charge in [0.05, 0.1) is 11.4 Å². The molecule has 35 heavy (non-hydrogen) atoms. The maximum Gasteiger partial charge on any atom is 0.132 e. The molecule has 0 radical (unpaired) electrons. The van der Waals surface area contributed by atoms with Crippen molar-refractivity contribution >= 4 is 17.1 Å². The minimum atomic E-state index is -0.254. The van der Waals surface area contributed by atoms with Crippen LogP contribution in [0.15, 0.2) is 54.1 Å². The van der Waals surface area contributed by atoms with Crippen molar-refractivity contribution in [2.75, 3.05) is 51.2 Å². The summed E-state index contributed by atoms with van der Waals surface area (Å²) in [5.41, 5.74) is 5.17. The number of nitrogens with zero attached hydrogens (tertiary/aromatic N) is 3. The molecule has 0 atom stereocenters. The predicted octanol–water partition coefficient (Wildman–Crippen LogP) is 4.75. The summed E-state index contributed by atoms with van der Waals surface area (Å²) in [7, 11) is 2.00. The van der Waals surface area contributed by atoms with Gasteiger partial charge in [-0.1, -0.05) is 30.7 Å². The second kappa shape index (κ2) is 10.9. The number of nitrogens with one attached hydrogen (secondary N) is 2. The molecule has 186 valence electrons. The highest BCUT2D eigenvalue weighted by Crippen LogP contribution is 2.27. The highest BCUT2D eigenvalue weighted by Gasteiger charge is 2.26. The van der Waals surface area contributed by atoms with Gasteiger partial charge in [-0.15, -0.1) is 0 Å². The summed E-state index contributed by atoms with van der Waals surface area (Å²) in [5, 5.41) is 12.0.